The van der Waals surface area contributed by atoms with Gasteiger partial charge in [0.15, 0.2) is 0 Å². The predicted molar refractivity (Wildman–Crippen MR) is 107 cm³/mol. The number of aliphatic imine (C=N–C) groups is 1. The summed E-state index contributed by atoms with van der Waals surface area (Å²) in [6, 6.07) is 14.5. The molecule has 1 aliphatic rings. The lowest BCUT2D eigenvalue weighted by molar-refractivity contribution is -0.136. The van der Waals surface area contributed by atoms with Crippen molar-refractivity contribution in [1.82, 2.24) is 5.32 Å². The first-order chi connectivity index (χ1) is 12.5. The van der Waals surface area contributed by atoms with Gasteiger partial charge in [-0.1, -0.05) is 45.7 Å². The highest BCUT2D eigenvalue weighted by Crippen LogP contribution is 2.32. The second kappa shape index (κ2) is 7.93. The molecule has 2 aromatic carbocycles. The molecule has 0 fully saturated rings. The van der Waals surface area contributed by atoms with Gasteiger partial charge in [0.1, 0.15) is 6.04 Å². The van der Waals surface area contributed by atoms with Crippen LogP contribution in [0.25, 0.3) is 0 Å². The highest BCUT2D eigenvalue weighted by molar-refractivity contribution is 9.10. The average Bonchev–Trinajstić information content (AvgIpc) is 2.61. The van der Waals surface area contributed by atoms with Crippen LogP contribution in [0.2, 0.25) is 5.02 Å². The maximum Gasteiger partial charge on any atom is 0.338 e. The van der Waals surface area contributed by atoms with Gasteiger partial charge in [-0.15, -0.1) is 0 Å². The minimum Gasteiger partial charge on any atom is -0.466 e. The first-order valence-corrected chi connectivity index (χ1v) is 9.07. The van der Waals surface area contributed by atoms with E-state index in [1.807, 2.05) is 43.3 Å². The normalized spacial score (nSPS) is 16.6. The van der Waals surface area contributed by atoms with Gasteiger partial charge in [0.05, 0.1) is 12.7 Å². The SMILES string of the molecule is COC(=O)C1=C(C)NC(Nc2cccc(Br)c2)=N[C@H]1c1ccc(Cl)cc1. The number of hydrogen-bond donors (Lipinski definition) is 2. The molecular formula is C19H17BrClN3O2. The molecule has 0 saturated heterocycles. The summed E-state index contributed by atoms with van der Waals surface area (Å²) in [5.41, 5.74) is 2.87. The number of carbonyl (C=O) groups excluding carboxylic acids is 1. The van der Waals surface area contributed by atoms with Gasteiger partial charge in [0.2, 0.25) is 5.96 Å². The lowest BCUT2D eigenvalue weighted by atomic mass is 9.96. The molecule has 0 radical (unpaired) electrons. The predicted octanol–water partition coefficient (Wildman–Crippen LogP) is 4.66. The Morgan fingerprint density at radius 1 is 1.27 bits per heavy atom. The van der Waals surface area contributed by atoms with E-state index in [9.17, 15) is 4.79 Å². The summed E-state index contributed by atoms with van der Waals surface area (Å²) >= 11 is 9.44. The number of hydrogen-bond acceptors (Lipinski definition) is 5. The maximum absolute atomic E-state index is 12.3. The Hall–Kier alpha value is -2.31. The molecule has 26 heavy (non-hydrogen) atoms. The smallest absolute Gasteiger partial charge is 0.338 e. The Morgan fingerprint density at radius 2 is 2.00 bits per heavy atom. The number of benzene rings is 2. The number of ether oxygens (including phenoxy) is 1. The summed E-state index contributed by atoms with van der Waals surface area (Å²) in [5.74, 6) is 0.133. The van der Waals surface area contributed by atoms with Crippen molar-refractivity contribution < 1.29 is 9.53 Å². The van der Waals surface area contributed by atoms with Gasteiger partial charge in [-0.3, -0.25) is 0 Å². The summed E-state index contributed by atoms with van der Waals surface area (Å²) in [5, 5.41) is 7.00. The van der Waals surface area contributed by atoms with E-state index in [0.29, 0.717) is 22.3 Å². The summed E-state index contributed by atoms with van der Waals surface area (Å²) < 4.78 is 5.90. The quantitative estimate of drug-likeness (QED) is 0.690. The molecule has 7 heteroatoms. The molecule has 0 aromatic heterocycles. The third kappa shape index (κ3) is 4.08. The molecule has 0 amide bonds. The number of esters is 1. The van der Waals surface area contributed by atoms with E-state index < -0.39 is 12.0 Å². The molecule has 1 heterocycles. The third-order valence-corrected chi connectivity index (χ3v) is 4.67. The fourth-order valence-electron chi connectivity index (χ4n) is 2.70. The summed E-state index contributed by atoms with van der Waals surface area (Å²) in [7, 11) is 1.36. The standard InChI is InChI=1S/C19H17BrClN3O2/c1-11-16(18(25)26-2)17(12-6-8-14(21)9-7-12)24-19(22-11)23-15-5-3-4-13(20)10-15/h3-10,17H,1-2H3,(H2,22,23,24)/t17-/m0/s1. The van der Waals surface area contributed by atoms with Gasteiger partial charge < -0.3 is 15.4 Å². The van der Waals surface area contributed by atoms with Crippen LogP contribution in [0, 0.1) is 0 Å². The molecule has 2 N–H and O–H groups in total. The fourth-order valence-corrected chi connectivity index (χ4v) is 3.23. The van der Waals surface area contributed by atoms with Crippen LogP contribution in [0.3, 0.4) is 0 Å². The van der Waals surface area contributed by atoms with Crippen molar-refractivity contribution in [3.05, 3.63) is 74.9 Å². The van der Waals surface area contributed by atoms with Gasteiger partial charge in [-0.25, -0.2) is 9.79 Å². The van der Waals surface area contributed by atoms with Crippen LogP contribution in [0.5, 0.6) is 0 Å². The van der Waals surface area contributed by atoms with E-state index in [2.05, 4.69) is 31.6 Å². The van der Waals surface area contributed by atoms with Crippen LogP contribution >= 0.6 is 27.5 Å². The van der Waals surface area contributed by atoms with E-state index in [1.165, 1.54) is 7.11 Å². The van der Waals surface area contributed by atoms with Crippen LogP contribution in [0.15, 0.2) is 69.3 Å². The molecule has 134 valence electrons. The highest BCUT2D eigenvalue weighted by atomic mass is 79.9. The first-order valence-electron chi connectivity index (χ1n) is 7.90. The largest absolute Gasteiger partial charge is 0.466 e. The van der Waals surface area contributed by atoms with Crippen molar-refractivity contribution in [1.29, 1.82) is 0 Å². The lowest BCUT2D eigenvalue weighted by Gasteiger charge is -2.26. The molecule has 0 aliphatic carbocycles. The van der Waals surface area contributed by atoms with Crippen molar-refractivity contribution in [2.45, 2.75) is 13.0 Å². The molecule has 2 aromatic rings. The zero-order chi connectivity index (χ0) is 18.7. The van der Waals surface area contributed by atoms with Crippen molar-refractivity contribution in [2.75, 3.05) is 12.4 Å². The average molecular weight is 435 g/mol. The Kier molecular flexibility index (Phi) is 5.64. The molecule has 1 aliphatic heterocycles. The van der Waals surface area contributed by atoms with Crippen LogP contribution in [-0.2, 0) is 9.53 Å². The second-order valence-corrected chi connectivity index (χ2v) is 7.07. The third-order valence-electron chi connectivity index (χ3n) is 3.92. The fraction of sp³-hybridized carbons (Fsp3) is 0.158. The lowest BCUT2D eigenvalue weighted by Crippen LogP contribution is -2.36. The molecule has 1 atom stereocenters. The molecule has 0 saturated carbocycles. The van der Waals surface area contributed by atoms with Gasteiger partial charge in [-0.2, -0.15) is 0 Å². The Labute approximate surface area is 165 Å². The van der Waals surface area contributed by atoms with Crippen LogP contribution in [-0.4, -0.2) is 19.0 Å². The van der Waals surface area contributed by atoms with Gasteiger partial charge in [0.25, 0.3) is 0 Å². The Balaban J connectivity index is 1.98. The number of nitrogens with zero attached hydrogens (tertiary/aromatic N) is 1. The monoisotopic (exact) mass is 433 g/mol. The van der Waals surface area contributed by atoms with E-state index in [1.54, 1.807) is 12.1 Å². The van der Waals surface area contributed by atoms with Gasteiger partial charge >= 0.3 is 5.97 Å². The summed E-state index contributed by atoms with van der Waals surface area (Å²) in [6.45, 7) is 1.83. The zero-order valence-corrected chi connectivity index (χ0v) is 16.6. The molecule has 5 nitrogen and oxygen atoms in total. The van der Waals surface area contributed by atoms with Crippen molar-refractivity contribution in [3.8, 4) is 0 Å². The number of rotatable bonds is 3. The number of allylic oxidation sites excluding steroid dienone is 1. The maximum atomic E-state index is 12.3. The molecule has 0 bridgehead atoms. The van der Waals surface area contributed by atoms with E-state index in [4.69, 9.17) is 16.3 Å². The van der Waals surface area contributed by atoms with Crippen LogP contribution in [0.4, 0.5) is 5.69 Å². The van der Waals surface area contributed by atoms with Crippen molar-refractivity contribution in [2.24, 2.45) is 4.99 Å². The zero-order valence-electron chi connectivity index (χ0n) is 14.2. The van der Waals surface area contributed by atoms with Crippen molar-refractivity contribution >= 4 is 45.1 Å². The molecule has 3 rings (SSSR count). The number of halogens is 2. The minimum absolute atomic E-state index is 0.416. The molecular weight excluding hydrogens is 418 g/mol. The summed E-state index contributed by atoms with van der Waals surface area (Å²) in [6.07, 6.45) is 0. The van der Waals surface area contributed by atoms with Crippen molar-refractivity contribution in [3.63, 3.8) is 0 Å². The topological polar surface area (TPSA) is 62.7 Å². The number of methoxy groups -OCH3 is 1. The van der Waals surface area contributed by atoms with Crippen LogP contribution < -0.4 is 10.6 Å². The number of guanidine groups is 1. The highest BCUT2D eigenvalue weighted by Gasteiger charge is 2.30. The van der Waals surface area contributed by atoms with E-state index >= 15 is 0 Å². The number of carbonyl (C=O) groups is 1. The Morgan fingerprint density at radius 3 is 2.65 bits per heavy atom. The van der Waals surface area contributed by atoms with Gasteiger partial charge in [0, 0.05) is 20.9 Å². The molecule has 0 unspecified atom stereocenters. The first kappa shape index (κ1) is 18.5. The Bertz CT molecular complexity index is 894. The molecule has 0 spiro atoms. The van der Waals surface area contributed by atoms with Gasteiger partial charge in [-0.05, 0) is 42.8 Å². The summed E-state index contributed by atoms with van der Waals surface area (Å²) in [4.78, 5) is 17.0. The number of nitrogens with one attached hydrogen (secondary N) is 2. The van der Waals surface area contributed by atoms with E-state index in [0.717, 1.165) is 15.7 Å². The minimum atomic E-state index is -0.490. The second-order valence-electron chi connectivity index (χ2n) is 5.72. The number of anilines is 1. The van der Waals surface area contributed by atoms with E-state index in [-0.39, 0.29) is 0 Å². The van der Waals surface area contributed by atoms with Crippen LogP contribution in [0.1, 0.15) is 18.5 Å².